The van der Waals surface area contributed by atoms with E-state index in [0.29, 0.717) is 11.8 Å². The van der Waals surface area contributed by atoms with Crippen molar-refractivity contribution in [2.75, 3.05) is 6.54 Å². The number of unbranched alkanes of at least 4 members (excludes halogenated alkanes) is 17. The Balaban J connectivity index is 1.69. The molecule has 1 rings (SSSR count). The van der Waals surface area contributed by atoms with Gasteiger partial charge in [0.15, 0.2) is 0 Å². The fourth-order valence-corrected chi connectivity index (χ4v) is 4.75. The second-order valence-electron chi connectivity index (χ2n) is 9.64. The standard InChI is InChI=1S/C27H53NO/c1-2-3-4-5-6-7-8-9-10-11-12-13-14-15-16-17-18-22-25-28-27(29)26-23-20-19-21-24-26/h26H,2-25H2,1H3,(H,28,29). The first-order chi connectivity index (χ1) is 14.3. The van der Waals surface area contributed by atoms with Crippen LogP contribution < -0.4 is 5.32 Å². The summed E-state index contributed by atoms with van der Waals surface area (Å²) in [5, 5.41) is 3.17. The Kier molecular flexibility index (Phi) is 18.9. The quantitative estimate of drug-likeness (QED) is 0.201. The van der Waals surface area contributed by atoms with Crippen molar-refractivity contribution in [2.24, 2.45) is 5.92 Å². The fourth-order valence-electron chi connectivity index (χ4n) is 4.75. The van der Waals surface area contributed by atoms with Crippen LogP contribution in [0.1, 0.15) is 155 Å². The van der Waals surface area contributed by atoms with Crippen molar-refractivity contribution in [1.29, 1.82) is 0 Å². The second-order valence-corrected chi connectivity index (χ2v) is 9.64. The van der Waals surface area contributed by atoms with Gasteiger partial charge in [0.1, 0.15) is 0 Å². The predicted octanol–water partition coefficient (Wildman–Crippen LogP) is 8.72. The zero-order chi connectivity index (χ0) is 20.8. The van der Waals surface area contributed by atoms with E-state index in [0.717, 1.165) is 25.8 Å². The van der Waals surface area contributed by atoms with Crippen LogP contribution in [0.5, 0.6) is 0 Å². The molecule has 2 nitrogen and oxygen atoms in total. The molecule has 1 N–H and O–H groups in total. The molecule has 0 heterocycles. The highest BCUT2D eigenvalue weighted by molar-refractivity contribution is 5.78. The summed E-state index contributed by atoms with van der Waals surface area (Å²) in [6, 6.07) is 0. The van der Waals surface area contributed by atoms with Gasteiger partial charge in [-0.15, -0.1) is 0 Å². The first-order valence-corrected chi connectivity index (χ1v) is 13.6. The van der Waals surface area contributed by atoms with Crippen LogP contribution in [0.4, 0.5) is 0 Å². The number of amides is 1. The minimum absolute atomic E-state index is 0.319. The third kappa shape index (κ3) is 16.9. The van der Waals surface area contributed by atoms with E-state index in [1.807, 2.05) is 0 Å². The van der Waals surface area contributed by atoms with Crippen molar-refractivity contribution in [1.82, 2.24) is 5.32 Å². The van der Waals surface area contributed by atoms with Gasteiger partial charge in [-0.25, -0.2) is 0 Å². The average Bonchev–Trinajstić information content (AvgIpc) is 2.75. The number of nitrogens with one attached hydrogen (secondary N) is 1. The molecule has 2 heteroatoms. The Morgan fingerprint density at radius 2 is 0.966 bits per heavy atom. The summed E-state index contributed by atoms with van der Waals surface area (Å²) in [5.41, 5.74) is 0. The first kappa shape index (κ1) is 26.5. The summed E-state index contributed by atoms with van der Waals surface area (Å²) >= 11 is 0. The summed E-state index contributed by atoms with van der Waals surface area (Å²) < 4.78 is 0. The lowest BCUT2D eigenvalue weighted by molar-refractivity contribution is -0.125. The largest absolute Gasteiger partial charge is 0.356 e. The Morgan fingerprint density at radius 3 is 1.38 bits per heavy atom. The monoisotopic (exact) mass is 407 g/mol. The molecule has 0 aromatic rings. The van der Waals surface area contributed by atoms with Crippen LogP contribution in [-0.4, -0.2) is 12.5 Å². The molecule has 1 amide bonds. The lowest BCUT2D eigenvalue weighted by atomic mass is 9.88. The highest BCUT2D eigenvalue weighted by atomic mass is 16.1. The molecule has 1 fully saturated rings. The average molecular weight is 408 g/mol. The van der Waals surface area contributed by atoms with Gasteiger partial charge in [-0.2, -0.15) is 0 Å². The van der Waals surface area contributed by atoms with Crippen molar-refractivity contribution in [2.45, 2.75) is 155 Å². The third-order valence-corrected chi connectivity index (χ3v) is 6.81. The Bertz CT molecular complexity index is 348. The summed E-state index contributed by atoms with van der Waals surface area (Å²) in [6.07, 6.45) is 31.4. The number of hydrogen-bond donors (Lipinski definition) is 1. The van der Waals surface area contributed by atoms with Crippen molar-refractivity contribution in [3.05, 3.63) is 0 Å². The van der Waals surface area contributed by atoms with Gasteiger partial charge in [0.25, 0.3) is 0 Å². The molecule has 0 aromatic heterocycles. The molecule has 0 unspecified atom stereocenters. The third-order valence-electron chi connectivity index (χ3n) is 6.81. The zero-order valence-electron chi connectivity index (χ0n) is 20.0. The minimum Gasteiger partial charge on any atom is -0.356 e. The predicted molar refractivity (Wildman–Crippen MR) is 128 cm³/mol. The van der Waals surface area contributed by atoms with Gasteiger partial charge in [0.2, 0.25) is 5.91 Å². The van der Waals surface area contributed by atoms with Crippen LogP contribution >= 0.6 is 0 Å². The molecule has 0 saturated heterocycles. The van der Waals surface area contributed by atoms with E-state index in [4.69, 9.17) is 0 Å². The Morgan fingerprint density at radius 1 is 0.586 bits per heavy atom. The molecular formula is C27H53NO. The topological polar surface area (TPSA) is 29.1 Å². The molecule has 172 valence electrons. The molecule has 0 radical (unpaired) electrons. The van der Waals surface area contributed by atoms with Crippen LogP contribution in [0.2, 0.25) is 0 Å². The molecule has 0 bridgehead atoms. The minimum atomic E-state index is 0.319. The molecule has 29 heavy (non-hydrogen) atoms. The lowest BCUT2D eigenvalue weighted by Crippen LogP contribution is -2.32. The zero-order valence-corrected chi connectivity index (χ0v) is 20.0. The second kappa shape index (κ2) is 20.7. The summed E-state index contributed by atoms with van der Waals surface area (Å²) in [7, 11) is 0. The van der Waals surface area contributed by atoms with Gasteiger partial charge in [-0.3, -0.25) is 4.79 Å². The maximum absolute atomic E-state index is 12.1. The van der Waals surface area contributed by atoms with Gasteiger partial charge < -0.3 is 5.32 Å². The number of rotatable bonds is 20. The number of hydrogen-bond acceptors (Lipinski definition) is 1. The smallest absolute Gasteiger partial charge is 0.223 e. The van der Waals surface area contributed by atoms with Gasteiger partial charge in [0, 0.05) is 12.5 Å². The van der Waals surface area contributed by atoms with Crippen LogP contribution in [0.25, 0.3) is 0 Å². The van der Waals surface area contributed by atoms with E-state index in [1.165, 1.54) is 128 Å². The van der Waals surface area contributed by atoms with Crippen LogP contribution in [0.3, 0.4) is 0 Å². The fraction of sp³-hybridized carbons (Fsp3) is 0.963. The van der Waals surface area contributed by atoms with Gasteiger partial charge in [0.05, 0.1) is 0 Å². The van der Waals surface area contributed by atoms with Crippen LogP contribution in [0.15, 0.2) is 0 Å². The van der Waals surface area contributed by atoms with Gasteiger partial charge in [-0.1, -0.05) is 135 Å². The van der Waals surface area contributed by atoms with Gasteiger partial charge >= 0.3 is 0 Å². The van der Waals surface area contributed by atoms with E-state index in [1.54, 1.807) is 0 Å². The van der Waals surface area contributed by atoms with E-state index in [2.05, 4.69) is 12.2 Å². The molecule has 1 aliphatic carbocycles. The van der Waals surface area contributed by atoms with Crippen molar-refractivity contribution < 1.29 is 4.79 Å². The molecule has 0 atom stereocenters. The Labute approximate surface area is 183 Å². The van der Waals surface area contributed by atoms with E-state index >= 15 is 0 Å². The highest BCUT2D eigenvalue weighted by Gasteiger charge is 2.20. The van der Waals surface area contributed by atoms with Crippen LogP contribution in [0, 0.1) is 5.92 Å². The van der Waals surface area contributed by atoms with E-state index in [-0.39, 0.29) is 0 Å². The summed E-state index contributed by atoms with van der Waals surface area (Å²) in [5.74, 6) is 0.649. The summed E-state index contributed by atoms with van der Waals surface area (Å²) in [4.78, 5) is 12.1. The Hall–Kier alpha value is -0.530. The van der Waals surface area contributed by atoms with E-state index < -0.39 is 0 Å². The number of carbonyl (C=O) groups excluding carboxylic acids is 1. The summed E-state index contributed by atoms with van der Waals surface area (Å²) in [6.45, 7) is 3.19. The molecule has 1 aliphatic rings. The van der Waals surface area contributed by atoms with Crippen molar-refractivity contribution in [3.8, 4) is 0 Å². The maximum atomic E-state index is 12.1. The molecule has 0 spiro atoms. The first-order valence-electron chi connectivity index (χ1n) is 13.6. The van der Waals surface area contributed by atoms with Crippen LogP contribution in [-0.2, 0) is 4.79 Å². The normalized spacial score (nSPS) is 14.9. The molecule has 0 aromatic carbocycles. The highest BCUT2D eigenvalue weighted by Crippen LogP contribution is 2.23. The SMILES string of the molecule is CCCCCCCCCCCCCCCCCCCCNC(=O)C1CCCCC1. The maximum Gasteiger partial charge on any atom is 0.223 e. The molecular weight excluding hydrogens is 354 g/mol. The molecule has 1 saturated carbocycles. The van der Waals surface area contributed by atoms with Crippen molar-refractivity contribution >= 4 is 5.91 Å². The lowest BCUT2D eigenvalue weighted by Gasteiger charge is -2.20. The van der Waals surface area contributed by atoms with E-state index in [9.17, 15) is 4.79 Å². The van der Waals surface area contributed by atoms with Crippen molar-refractivity contribution in [3.63, 3.8) is 0 Å². The number of carbonyl (C=O) groups is 1. The van der Waals surface area contributed by atoms with Gasteiger partial charge in [-0.05, 0) is 19.3 Å². The molecule has 0 aliphatic heterocycles.